The highest BCUT2D eigenvalue weighted by Gasteiger charge is 2.12. The third kappa shape index (κ3) is 2.18. The minimum Gasteiger partial charge on any atom is -0.506 e. The first-order valence-corrected chi connectivity index (χ1v) is 6.19. The predicted octanol–water partition coefficient (Wildman–Crippen LogP) is 4.22. The molecule has 0 fully saturated rings. The van der Waals surface area contributed by atoms with Crippen molar-refractivity contribution in [3.63, 3.8) is 0 Å². The summed E-state index contributed by atoms with van der Waals surface area (Å²) < 4.78 is 0. The van der Waals surface area contributed by atoms with Gasteiger partial charge in [0.2, 0.25) is 0 Å². The first-order chi connectivity index (χ1) is 8.15. The van der Waals surface area contributed by atoms with E-state index < -0.39 is 0 Å². The van der Waals surface area contributed by atoms with E-state index in [-0.39, 0.29) is 0 Å². The zero-order chi connectivity index (χ0) is 12.4. The molecule has 1 N–H and O–H groups in total. The Balaban J connectivity index is 2.67. The Labute approximate surface area is 108 Å². The number of benzene rings is 2. The van der Waals surface area contributed by atoms with Gasteiger partial charge in [0.25, 0.3) is 0 Å². The molecule has 2 aromatic rings. The summed E-state index contributed by atoms with van der Waals surface area (Å²) in [4.78, 5) is 0.684. The van der Waals surface area contributed by atoms with Crippen LogP contribution in [0.3, 0.4) is 0 Å². The second-order valence-corrected chi connectivity index (χ2v) is 4.57. The molecule has 0 unspecified atom stereocenters. The Kier molecular flexibility index (Phi) is 3.43. The van der Waals surface area contributed by atoms with E-state index >= 15 is 0 Å². The first-order valence-electron chi connectivity index (χ1n) is 5.75. The summed E-state index contributed by atoms with van der Waals surface area (Å²) in [6.45, 7) is 4.02. The van der Waals surface area contributed by atoms with Gasteiger partial charge >= 0.3 is 0 Å². The van der Waals surface area contributed by atoms with Crippen LogP contribution in [-0.4, -0.2) is 5.11 Å². The lowest BCUT2D eigenvalue weighted by atomic mass is 9.96. The Morgan fingerprint density at radius 2 is 1.82 bits per heavy atom. The number of phenols is 1. The molecule has 0 amide bonds. The first kappa shape index (κ1) is 12.1. The largest absolute Gasteiger partial charge is 0.506 e. The Morgan fingerprint density at radius 1 is 1.18 bits per heavy atom. The maximum Gasteiger partial charge on any atom is 0.132 e. The zero-order valence-electron chi connectivity index (χ0n) is 10.1. The number of hydrogen-bond donors (Lipinski definition) is 2. The molecule has 0 bridgehead atoms. The number of aryl methyl sites for hydroxylation is 1. The van der Waals surface area contributed by atoms with Crippen molar-refractivity contribution in [3.8, 4) is 16.9 Å². The minimum atomic E-state index is 0.313. The lowest BCUT2D eigenvalue weighted by Crippen LogP contribution is -1.91. The van der Waals surface area contributed by atoms with Gasteiger partial charge < -0.3 is 5.11 Å². The smallest absolute Gasteiger partial charge is 0.132 e. The minimum absolute atomic E-state index is 0.313. The monoisotopic (exact) mass is 244 g/mol. The number of thiol groups is 1. The molecule has 0 atom stereocenters. The summed E-state index contributed by atoms with van der Waals surface area (Å²) in [6.07, 6.45) is 0.805. The summed E-state index contributed by atoms with van der Waals surface area (Å²) >= 11 is 4.40. The Hall–Kier alpha value is -1.41. The highest BCUT2D eigenvalue weighted by atomic mass is 32.1. The van der Waals surface area contributed by atoms with E-state index in [0.29, 0.717) is 10.6 Å². The van der Waals surface area contributed by atoms with E-state index in [2.05, 4.69) is 30.8 Å². The molecule has 2 aromatic carbocycles. The summed E-state index contributed by atoms with van der Waals surface area (Å²) in [7, 11) is 0. The van der Waals surface area contributed by atoms with Crippen molar-refractivity contribution >= 4 is 12.6 Å². The Morgan fingerprint density at radius 3 is 2.41 bits per heavy atom. The van der Waals surface area contributed by atoms with Gasteiger partial charge in [-0.05, 0) is 41.7 Å². The van der Waals surface area contributed by atoms with Crippen LogP contribution < -0.4 is 0 Å². The SMILES string of the molecule is CCc1cc(-c2ccccc2)c(C)c(S)c1O. The molecule has 88 valence electrons. The number of rotatable bonds is 2. The summed E-state index contributed by atoms with van der Waals surface area (Å²) in [5.41, 5.74) is 4.27. The van der Waals surface area contributed by atoms with Crippen molar-refractivity contribution in [2.75, 3.05) is 0 Å². The topological polar surface area (TPSA) is 20.2 Å². The van der Waals surface area contributed by atoms with E-state index in [0.717, 1.165) is 28.7 Å². The van der Waals surface area contributed by atoms with Crippen molar-refractivity contribution < 1.29 is 5.11 Å². The van der Waals surface area contributed by atoms with Crippen molar-refractivity contribution in [1.29, 1.82) is 0 Å². The van der Waals surface area contributed by atoms with Gasteiger partial charge in [-0.1, -0.05) is 37.3 Å². The highest BCUT2D eigenvalue weighted by Crippen LogP contribution is 2.36. The fourth-order valence-corrected chi connectivity index (χ4v) is 2.26. The fourth-order valence-electron chi connectivity index (χ4n) is 2.00. The molecular weight excluding hydrogens is 228 g/mol. The van der Waals surface area contributed by atoms with Crippen LogP contribution in [0.25, 0.3) is 11.1 Å². The number of phenolic OH excluding ortho intramolecular Hbond substituents is 1. The van der Waals surface area contributed by atoms with Crippen molar-refractivity contribution in [1.82, 2.24) is 0 Å². The molecule has 17 heavy (non-hydrogen) atoms. The van der Waals surface area contributed by atoms with Crippen molar-refractivity contribution in [3.05, 3.63) is 47.5 Å². The van der Waals surface area contributed by atoms with E-state index in [9.17, 15) is 5.11 Å². The molecule has 0 aromatic heterocycles. The predicted molar refractivity (Wildman–Crippen MR) is 74.9 cm³/mol. The van der Waals surface area contributed by atoms with E-state index in [4.69, 9.17) is 0 Å². The van der Waals surface area contributed by atoms with Crippen molar-refractivity contribution in [2.24, 2.45) is 0 Å². The summed E-state index contributed by atoms with van der Waals surface area (Å²) in [5, 5.41) is 9.97. The lowest BCUT2D eigenvalue weighted by Gasteiger charge is -2.13. The summed E-state index contributed by atoms with van der Waals surface area (Å²) in [6, 6.07) is 12.2. The second kappa shape index (κ2) is 4.84. The van der Waals surface area contributed by atoms with Gasteiger partial charge in [-0.15, -0.1) is 12.6 Å². The quantitative estimate of drug-likeness (QED) is 0.758. The molecule has 0 spiro atoms. The van der Waals surface area contributed by atoms with Crippen molar-refractivity contribution in [2.45, 2.75) is 25.2 Å². The molecule has 2 heteroatoms. The van der Waals surface area contributed by atoms with Gasteiger partial charge in [-0.2, -0.15) is 0 Å². The van der Waals surface area contributed by atoms with Crippen LogP contribution in [0.5, 0.6) is 5.75 Å². The second-order valence-electron chi connectivity index (χ2n) is 4.13. The maximum atomic E-state index is 9.97. The Bertz CT molecular complexity index is 532. The molecule has 0 heterocycles. The average molecular weight is 244 g/mol. The average Bonchev–Trinajstić information content (AvgIpc) is 2.37. The number of hydrogen-bond acceptors (Lipinski definition) is 2. The van der Waals surface area contributed by atoms with E-state index in [1.807, 2.05) is 32.0 Å². The zero-order valence-corrected chi connectivity index (χ0v) is 11.0. The van der Waals surface area contributed by atoms with Crippen LogP contribution in [0.1, 0.15) is 18.1 Å². The van der Waals surface area contributed by atoms with Gasteiger partial charge in [0.05, 0.1) is 0 Å². The molecule has 0 aliphatic carbocycles. The van der Waals surface area contributed by atoms with Crippen LogP contribution >= 0.6 is 12.6 Å². The standard InChI is InChI=1S/C15H16OS/c1-3-11-9-13(10(2)15(17)14(11)16)12-7-5-4-6-8-12/h4-9,16-17H,3H2,1-2H3. The fraction of sp³-hybridized carbons (Fsp3) is 0.200. The maximum absolute atomic E-state index is 9.97. The molecule has 0 aliphatic rings. The molecule has 0 saturated carbocycles. The molecule has 0 radical (unpaired) electrons. The van der Waals surface area contributed by atoms with E-state index in [1.54, 1.807) is 0 Å². The number of aromatic hydroxyl groups is 1. The lowest BCUT2D eigenvalue weighted by molar-refractivity contribution is 0.455. The molecule has 1 nitrogen and oxygen atoms in total. The third-order valence-electron chi connectivity index (χ3n) is 3.07. The normalized spacial score (nSPS) is 10.5. The summed E-state index contributed by atoms with van der Waals surface area (Å²) in [5.74, 6) is 0.313. The van der Waals surface area contributed by atoms with Crippen LogP contribution in [0.4, 0.5) is 0 Å². The highest BCUT2D eigenvalue weighted by molar-refractivity contribution is 7.80. The van der Waals surface area contributed by atoms with Crippen LogP contribution in [-0.2, 0) is 6.42 Å². The van der Waals surface area contributed by atoms with Crippen LogP contribution in [0, 0.1) is 6.92 Å². The molecule has 0 aliphatic heterocycles. The van der Waals surface area contributed by atoms with Gasteiger partial charge in [0.15, 0.2) is 0 Å². The van der Waals surface area contributed by atoms with Gasteiger partial charge in [0.1, 0.15) is 5.75 Å². The van der Waals surface area contributed by atoms with E-state index in [1.165, 1.54) is 0 Å². The van der Waals surface area contributed by atoms with Crippen LogP contribution in [0.15, 0.2) is 41.3 Å². The molecule has 0 saturated heterocycles. The molecule has 2 rings (SSSR count). The molecular formula is C15H16OS. The van der Waals surface area contributed by atoms with Crippen LogP contribution in [0.2, 0.25) is 0 Å². The van der Waals surface area contributed by atoms with Gasteiger partial charge in [-0.25, -0.2) is 0 Å². The third-order valence-corrected chi connectivity index (χ3v) is 3.62. The van der Waals surface area contributed by atoms with Gasteiger partial charge in [-0.3, -0.25) is 0 Å². The van der Waals surface area contributed by atoms with Gasteiger partial charge in [0, 0.05) is 4.90 Å².